The zero-order valence-electron chi connectivity index (χ0n) is 11.4. The first-order valence-corrected chi connectivity index (χ1v) is 7.05. The van der Waals surface area contributed by atoms with Crippen LogP contribution in [0.2, 0.25) is 0 Å². The molecule has 2 aromatic rings. The van der Waals surface area contributed by atoms with Gasteiger partial charge in [0.05, 0.1) is 6.33 Å². The van der Waals surface area contributed by atoms with E-state index in [1.807, 2.05) is 4.57 Å². The fourth-order valence-corrected chi connectivity index (χ4v) is 4.09. The van der Waals surface area contributed by atoms with E-state index in [0.29, 0.717) is 11.6 Å². The second-order valence-corrected chi connectivity index (χ2v) is 6.16. The summed E-state index contributed by atoms with van der Waals surface area (Å²) in [5.74, 6) is 0.434. The molecule has 112 valence electrons. The van der Waals surface area contributed by atoms with E-state index in [9.17, 15) is 15.0 Å². The van der Waals surface area contributed by atoms with Crippen LogP contribution in [-0.2, 0) is 0 Å². The number of nitrogen functional groups attached to an aromatic ring is 1. The number of rotatable bonds is 3. The number of aromatic amines is 1. The highest BCUT2D eigenvalue weighted by molar-refractivity contribution is 5.70. The molecule has 2 saturated carbocycles. The third-order valence-corrected chi connectivity index (χ3v) is 5.30. The molecule has 0 saturated heterocycles. The van der Waals surface area contributed by atoms with Crippen molar-refractivity contribution in [2.24, 2.45) is 17.3 Å². The smallest absolute Gasteiger partial charge is 0.280 e. The predicted octanol–water partition coefficient (Wildman–Crippen LogP) is -0.746. The Labute approximate surface area is 119 Å². The van der Waals surface area contributed by atoms with Gasteiger partial charge in [0, 0.05) is 24.7 Å². The molecule has 2 aromatic heterocycles. The first kappa shape index (κ1) is 12.8. The highest BCUT2D eigenvalue weighted by atomic mass is 16.3. The van der Waals surface area contributed by atoms with Crippen molar-refractivity contribution >= 4 is 17.1 Å². The number of hydrogen-bond acceptors (Lipinski definition) is 6. The van der Waals surface area contributed by atoms with Crippen LogP contribution >= 0.6 is 0 Å². The largest absolute Gasteiger partial charge is 0.396 e. The van der Waals surface area contributed by atoms with Gasteiger partial charge in [0.2, 0.25) is 5.95 Å². The van der Waals surface area contributed by atoms with E-state index in [2.05, 4.69) is 15.0 Å². The maximum atomic E-state index is 11.8. The molecule has 0 spiro atoms. The van der Waals surface area contributed by atoms with E-state index in [0.717, 1.165) is 12.8 Å². The number of aliphatic hydroxyl groups is 2. The minimum Gasteiger partial charge on any atom is -0.396 e. The molecule has 0 unspecified atom stereocenters. The minimum atomic E-state index is -0.350. The molecule has 0 aliphatic heterocycles. The van der Waals surface area contributed by atoms with Gasteiger partial charge in [-0.15, -0.1) is 0 Å². The normalized spacial score (nSPS) is 34.3. The summed E-state index contributed by atoms with van der Waals surface area (Å²) in [5.41, 5.74) is 5.83. The quantitative estimate of drug-likeness (QED) is 0.589. The van der Waals surface area contributed by atoms with Gasteiger partial charge in [-0.05, 0) is 24.7 Å². The van der Waals surface area contributed by atoms with Gasteiger partial charge in [0.25, 0.3) is 5.56 Å². The molecule has 2 heterocycles. The summed E-state index contributed by atoms with van der Waals surface area (Å²) in [4.78, 5) is 22.6. The lowest BCUT2D eigenvalue weighted by molar-refractivity contribution is 0.112. The van der Waals surface area contributed by atoms with E-state index in [4.69, 9.17) is 5.73 Å². The molecule has 0 aromatic carbocycles. The Kier molecular flexibility index (Phi) is 2.46. The Morgan fingerprint density at radius 2 is 2.33 bits per heavy atom. The molecule has 0 bridgehead atoms. The lowest BCUT2D eigenvalue weighted by Crippen LogP contribution is -2.20. The number of H-pyrrole nitrogens is 1. The van der Waals surface area contributed by atoms with Crippen LogP contribution in [0.3, 0.4) is 0 Å². The van der Waals surface area contributed by atoms with Gasteiger partial charge in [0.15, 0.2) is 11.2 Å². The third kappa shape index (κ3) is 1.54. The molecule has 8 nitrogen and oxygen atoms in total. The van der Waals surface area contributed by atoms with Crippen LogP contribution < -0.4 is 11.3 Å². The summed E-state index contributed by atoms with van der Waals surface area (Å²) < 4.78 is 1.87. The first-order valence-electron chi connectivity index (χ1n) is 7.05. The predicted molar refractivity (Wildman–Crippen MR) is 74.4 cm³/mol. The number of aromatic nitrogens is 4. The average molecular weight is 291 g/mol. The van der Waals surface area contributed by atoms with Crippen molar-refractivity contribution in [3.8, 4) is 0 Å². The van der Waals surface area contributed by atoms with Gasteiger partial charge in [-0.1, -0.05) is 0 Å². The molecule has 4 rings (SSSR count). The van der Waals surface area contributed by atoms with Crippen molar-refractivity contribution < 1.29 is 10.2 Å². The fraction of sp³-hybridized carbons (Fsp3) is 0.615. The summed E-state index contributed by atoms with van der Waals surface area (Å²) in [5, 5.41) is 19.2. The van der Waals surface area contributed by atoms with E-state index < -0.39 is 0 Å². The van der Waals surface area contributed by atoms with Gasteiger partial charge in [-0.2, -0.15) is 4.98 Å². The first-order chi connectivity index (χ1) is 10.1. The van der Waals surface area contributed by atoms with Crippen molar-refractivity contribution in [2.75, 3.05) is 18.9 Å². The Hall–Kier alpha value is -1.93. The van der Waals surface area contributed by atoms with Crippen LogP contribution in [0.4, 0.5) is 5.95 Å². The number of fused-ring (bicyclic) bond motifs is 2. The Balaban J connectivity index is 1.81. The average Bonchev–Trinajstić information content (AvgIpc) is 2.91. The molecule has 0 radical (unpaired) electrons. The summed E-state index contributed by atoms with van der Waals surface area (Å²) in [6.45, 7) is 0.151. The molecule has 8 heteroatoms. The van der Waals surface area contributed by atoms with E-state index >= 15 is 0 Å². The molecular formula is C13H17N5O3. The van der Waals surface area contributed by atoms with Gasteiger partial charge in [-0.3, -0.25) is 9.78 Å². The molecule has 0 amide bonds. The molecule has 2 aliphatic rings. The number of nitrogens with zero attached hydrogens (tertiary/aromatic N) is 3. The van der Waals surface area contributed by atoms with Crippen LogP contribution in [0.15, 0.2) is 11.1 Å². The van der Waals surface area contributed by atoms with Gasteiger partial charge in [-0.25, -0.2) is 4.98 Å². The van der Waals surface area contributed by atoms with Crippen molar-refractivity contribution in [1.82, 2.24) is 19.5 Å². The van der Waals surface area contributed by atoms with E-state index in [1.165, 1.54) is 0 Å². The van der Waals surface area contributed by atoms with Crippen LogP contribution in [-0.4, -0.2) is 42.9 Å². The highest BCUT2D eigenvalue weighted by Crippen LogP contribution is 2.70. The van der Waals surface area contributed by atoms with Crippen LogP contribution in [0.1, 0.15) is 18.9 Å². The van der Waals surface area contributed by atoms with Gasteiger partial charge >= 0.3 is 0 Å². The maximum absolute atomic E-state index is 11.8. The Bertz CT molecular complexity index is 769. The summed E-state index contributed by atoms with van der Waals surface area (Å²) >= 11 is 0. The van der Waals surface area contributed by atoms with Gasteiger partial charge in [0.1, 0.15) is 0 Å². The van der Waals surface area contributed by atoms with Crippen molar-refractivity contribution in [2.45, 2.75) is 18.9 Å². The van der Waals surface area contributed by atoms with Crippen LogP contribution in [0.25, 0.3) is 11.2 Å². The fourth-order valence-electron chi connectivity index (χ4n) is 4.09. The number of aliphatic hydroxyl groups excluding tert-OH is 2. The number of imidazole rings is 1. The Morgan fingerprint density at radius 3 is 3.00 bits per heavy atom. The van der Waals surface area contributed by atoms with E-state index in [1.54, 1.807) is 6.33 Å². The molecule has 21 heavy (non-hydrogen) atoms. The summed E-state index contributed by atoms with van der Waals surface area (Å²) in [7, 11) is 0. The maximum Gasteiger partial charge on any atom is 0.280 e. The topological polar surface area (TPSA) is 130 Å². The van der Waals surface area contributed by atoms with Crippen LogP contribution in [0.5, 0.6) is 0 Å². The SMILES string of the molecule is Nc1nc2c(ncn2[C@H]2C[C@H](CO)[C@]3(CO)C[C@H]23)c(=O)[nH]1. The number of nitrogens with two attached hydrogens (primary N) is 1. The molecule has 2 fully saturated rings. The standard InChI is InChI=1S/C13H17N5O3/c14-12-16-10-9(11(21)17-12)15-5-18(10)8-1-6(3-19)13(4-20)2-7(8)13/h5-8,19-20H,1-4H2,(H3,14,16,17,21)/t6-,7-,8+,13-/m1/s1. The molecule has 2 aliphatic carbocycles. The number of hydrogen-bond donors (Lipinski definition) is 4. The molecule has 5 N–H and O–H groups in total. The lowest BCUT2D eigenvalue weighted by atomic mass is 9.92. The monoisotopic (exact) mass is 291 g/mol. The highest BCUT2D eigenvalue weighted by Gasteiger charge is 2.66. The lowest BCUT2D eigenvalue weighted by Gasteiger charge is -2.19. The summed E-state index contributed by atoms with van der Waals surface area (Å²) in [6.07, 6.45) is 3.25. The number of anilines is 1. The Morgan fingerprint density at radius 1 is 1.52 bits per heavy atom. The zero-order valence-corrected chi connectivity index (χ0v) is 11.4. The van der Waals surface area contributed by atoms with Gasteiger partial charge < -0.3 is 20.5 Å². The summed E-state index contributed by atoms with van der Waals surface area (Å²) in [6, 6.07) is 0.0907. The number of nitrogens with one attached hydrogen (secondary N) is 1. The van der Waals surface area contributed by atoms with E-state index in [-0.39, 0.29) is 47.6 Å². The molecule has 4 atom stereocenters. The zero-order chi connectivity index (χ0) is 14.8. The van der Waals surface area contributed by atoms with Crippen molar-refractivity contribution in [3.63, 3.8) is 0 Å². The second-order valence-electron chi connectivity index (χ2n) is 6.16. The molecular weight excluding hydrogens is 274 g/mol. The third-order valence-electron chi connectivity index (χ3n) is 5.30. The van der Waals surface area contributed by atoms with Crippen LogP contribution in [0, 0.1) is 17.3 Å². The second kappa shape index (κ2) is 4.05. The minimum absolute atomic E-state index is 0.0650. The van der Waals surface area contributed by atoms with Crippen molar-refractivity contribution in [1.29, 1.82) is 0 Å². The van der Waals surface area contributed by atoms with Crippen molar-refractivity contribution in [3.05, 3.63) is 16.7 Å².